The zero-order chi connectivity index (χ0) is 29.1. The van der Waals surface area contributed by atoms with Crippen molar-refractivity contribution in [1.82, 2.24) is 10.2 Å². The van der Waals surface area contributed by atoms with Crippen molar-refractivity contribution in [3.05, 3.63) is 88.9 Å². The molecule has 3 aromatic rings. The highest BCUT2D eigenvalue weighted by atomic mass is 79.9. The number of amides is 2. The van der Waals surface area contributed by atoms with E-state index in [2.05, 4.69) is 21.2 Å². The second kappa shape index (κ2) is 14.9. The van der Waals surface area contributed by atoms with Gasteiger partial charge in [0, 0.05) is 17.6 Å². The molecule has 0 saturated carbocycles. The first kappa shape index (κ1) is 31.2. The summed E-state index contributed by atoms with van der Waals surface area (Å²) in [6, 6.07) is 21.1. The molecule has 3 rings (SSSR count). The van der Waals surface area contributed by atoms with Crippen molar-refractivity contribution in [2.45, 2.75) is 51.1 Å². The number of hydrogen-bond acceptors (Lipinski definition) is 5. The van der Waals surface area contributed by atoms with Crippen LogP contribution in [0.15, 0.2) is 88.2 Å². The third kappa shape index (κ3) is 8.32. The van der Waals surface area contributed by atoms with Gasteiger partial charge in [0.05, 0.1) is 17.2 Å². The average molecular weight is 631 g/mol. The van der Waals surface area contributed by atoms with Crippen LogP contribution in [0.3, 0.4) is 0 Å². The van der Waals surface area contributed by atoms with Crippen molar-refractivity contribution in [2.24, 2.45) is 0 Å². The molecule has 0 heterocycles. The summed E-state index contributed by atoms with van der Waals surface area (Å²) in [5.41, 5.74) is 1.11. The molecular weight excluding hydrogens is 594 g/mol. The van der Waals surface area contributed by atoms with Gasteiger partial charge in [-0.15, -0.1) is 0 Å². The zero-order valence-electron chi connectivity index (χ0n) is 23.0. The molecule has 0 fully saturated rings. The second-order valence-corrected chi connectivity index (χ2v) is 12.0. The number of sulfonamides is 1. The van der Waals surface area contributed by atoms with E-state index in [1.165, 1.54) is 17.0 Å². The molecule has 40 heavy (non-hydrogen) atoms. The number of carbonyl (C=O) groups is 2. The topological polar surface area (TPSA) is 96.0 Å². The quantitative estimate of drug-likeness (QED) is 0.242. The van der Waals surface area contributed by atoms with Crippen molar-refractivity contribution >= 4 is 43.5 Å². The molecule has 0 aliphatic rings. The smallest absolute Gasteiger partial charge is 0.264 e. The summed E-state index contributed by atoms with van der Waals surface area (Å²) in [7, 11) is -4.11. The molecule has 0 aliphatic carbocycles. The molecule has 214 valence electrons. The van der Waals surface area contributed by atoms with Gasteiger partial charge in [0.2, 0.25) is 11.8 Å². The van der Waals surface area contributed by atoms with Crippen LogP contribution in [0.2, 0.25) is 0 Å². The standard InChI is InChI=1S/C30H36BrN3O5S/c1-4-6-19-32-30(36)23(3)33(21-24-11-10-12-25(31)20-24)29(35)22-34(26-15-17-27(18-16-26)39-5-2)40(37,38)28-13-8-7-9-14-28/h7-18,20,23H,4-6,19,21-22H2,1-3H3,(H,32,36)/t23-/m1/s1. The maximum atomic E-state index is 13.9. The molecule has 0 aliphatic heterocycles. The van der Waals surface area contributed by atoms with E-state index in [0.717, 1.165) is 27.2 Å². The van der Waals surface area contributed by atoms with Gasteiger partial charge in [-0.05, 0) is 74.4 Å². The number of nitrogens with zero attached hydrogens (tertiary/aromatic N) is 2. The molecule has 0 bridgehead atoms. The lowest BCUT2D eigenvalue weighted by Gasteiger charge is -2.32. The van der Waals surface area contributed by atoms with Crippen LogP contribution in [0, 0.1) is 0 Å². The third-order valence-electron chi connectivity index (χ3n) is 6.28. The first-order chi connectivity index (χ1) is 19.2. The van der Waals surface area contributed by atoms with Crippen LogP contribution in [0.4, 0.5) is 5.69 Å². The van der Waals surface area contributed by atoms with E-state index in [4.69, 9.17) is 4.74 Å². The lowest BCUT2D eigenvalue weighted by Crippen LogP contribution is -2.51. The highest BCUT2D eigenvalue weighted by molar-refractivity contribution is 9.10. The molecule has 1 N–H and O–H groups in total. The number of unbranched alkanes of at least 4 members (excludes halogenated alkanes) is 1. The summed E-state index contributed by atoms with van der Waals surface area (Å²) in [6.45, 7) is 6.14. The molecule has 0 aromatic heterocycles. The number of carbonyl (C=O) groups excluding carboxylic acids is 2. The van der Waals surface area contributed by atoms with Gasteiger partial charge in [-0.3, -0.25) is 13.9 Å². The number of halogens is 1. The van der Waals surface area contributed by atoms with Crippen LogP contribution in [-0.4, -0.2) is 50.9 Å². The Morgan fingerprint density at radius 3 is 2.30 bits per heavy atom. The van der Waals surface area contributed by atoms with Gasteiger partial charge in [0.15, 0.2) is 0 Å². The Kier molecular flexibility index (Phi) is 11.6. The highest BCUT2D eigenvalue weighted by Gasteiger charge is 2.32. The molecule has 2 amide bonds. The summed E-state index contributed by atoms with van der Waals surface area (Å²) in [5, 5.41) is 2.89. The SMILES string of the molecule is CCCCNC(=O)[C@@H](C)N(Cc1cccc(Br)c1)C(=O)CN(c1ccc(OCC)cc1)S(=O)(=O)c1ccccc1. The number of benzene rings is 3. The molecule has 3 aromatic carbocycles. The third-order valence-corrected chi connectivity index (χ3v) is 8.57. The summed E-state index contributed by atoms with van der Waals surface area (Å²) in [5.74, 6) is -0.217. The Morgan fingerprint density at radius 2 is 1.68 bits per heavy atom. The Labute approximate surface area is 245 Å². The number of nitrogens with one attached hydrogen (secondary N) is 1. The number of rotatable bonds is 14. The van der Waals surface area contributed by atoms with Crippen molar-refractivity contribution in [2.75, 3.05) is 24.0 Å². The summed E-state index contributed by atoms with van der Waals surface area (Å²) >= 11 is 3.46. The first-order valence-electron chi connectivity index (χ1n) is 13.3. The van der Waals surface area contributed by atoms with E-state index in [-0.39, 0.29) is 17.3 Å². The van der Waals surface area contributed by atoms with Gasteiger partial charge >= 0.3 is 0 Å². The first-order valence-corrected chi connectivity index (χ1v) is 15.5. The summed E-state index contributed by atoms with van der Waals surface area (Å²) < 4.78 is 35.1. The average Bonchev–Trinajstić information content (AvgIpc) is 2.95. The predicted molar refractivity (Wildman–Crippen MR) is 161 cm³/mol. The minimum absolute atomic E-state index is 0.0561. The fraction of sp³-hybridized carbons (Fsp3) is 0.333. The van der Waals surface area contributed by atoms with E-state index >= 15 is 0 Å². The Hall–Kier alpha value is -3.37. The van der Waals surface area contributed by atoms with Gasteiger partial charge in [0.1, 0.15) is 18.3 Å². The monoisotopic (exact) mass is 629 g/mol. The number of ether oxygens (including phenoxy) is 1. The normalized spacial score (nSPS) is 11.9. The number of anilines is 1. The molecule has 0 saturated heterocycles. The maximum Gasteiger partial charge on any atom is 0.264 e. The van der Waals surface area contributed by atoms with Gasteiger partial charge in [-0.1, -0.05) is 59.6 Å². The van der Waals surface area contributed by atoms with Crippen LogP contribution in [0.5, 0.6) is 5.75 Å². The molecule has 10 heteroatoms. The molecule has 8 nitrogen and oxygen atoms in total. The molecule has 0 radical (unpaired) electrons. The maximum absolute atomic E-state index is 13.9. The van der Waals surface area contributed by atoms with Crippen molar-refractivity contribution in [3.8, 4) is 5.75 Å². The van der Waals surface area contributed by atoms with Crippen LogP contribution in [-0.2, 0) is 26.2 Å². The number of hydrogen-bond donors (Lipinski definition) is 1. The van der Waals surface area contributed by atoms with E-state index in [0.29, 0.717) is 24.6 Å². The summed E-state index contributed by atoms with van der Waals surface area (Å²) in [4.78, 5) is 28.5. The van der Waals surface area contributed by atoms with Crippen LogP contribution in [0.25, 0.3) is 0 Å². The van der Waals surface area contributed by atoms with Crippen LogP contribution < -0.4 is 14.4 Å². The van der Waals surface area contributed by atoms with Crippen molar-refractivity contribution in [1.29, 1.82) is 0 Å². The molecule has 1 atom stereocenters. The van der Waals surface area contributed by atoms with Gasteiger partial charge in [0.25, 0.3) is 10.0 Å². The summed E-state index contributed by atoms with van der Waals surface area (Å²) in [6.07, 6.45) is 1.74. The lowest BCUT2D eigenvalue weighted by molar-refractivity contribution is -0.139. The van der Waals surface area contributed by atoms with Gasteiger partial charge in [-0.2, -0.15) is 0 Å². The van der Waals surface area contributed by atoms with E-state index in [1.807, 2.05) is 38.1 Å². The highest BCUT2D eigenvalue weighted by Crippen LogP contribution is 2.27. The van der Waals surface area contributed by atoms with Gasteiger partial charge in [-0.25, -0.2) is 8.42 Å². The fourth-order valence-corrected chi connectivity index (χ4v) is 5.96. The van der Waals surface area contributed by atoms with E-state index in [1.54, 1.807) is 49.4 Å². The van der Waals surface area contributed by atoms with E-state index in [9.17, 15) is 18.0 Å². The van der Waals surface area contributed by atoms with Crippen molar-refractivity contribution < 1.29 is 22.7 Å². The van der Waals surface area contributed by atoms with Crippen molar-refractivity contribution in [3.63, 3.8) is 0 Å². The lowest BCUT2D eigenvalue weighted by atomic mass is 10.1. The van der Waals surface area contributed by atoms with Gasteiger partial charge < -0.3 is 15.0 Å². The second-order valence-electron chi connectivity index (χ2n) is 9.22. The largest absolute Gasteiger partial charge is 0.494 e. The van der Waals surface area contributed by atoms with E-state index < -0.39 is 28.5 Å². The Morgan fingerprint density at radius 1 is 0.975 bits per heavy atom. The zero-order valence-corrected chi connectivity index (χ0v) is 25.4. The molecule has 0 spiro atoms. The molecular formula is C30H36BrN3O5S. The minimum atomic E-state index is -4.11. The molecule has 0 unspecified atom stereocenters. The fourth-order valence-electron chi connectivity index (χ4n) is 4.07. The minimum Gasteiger partial charge on any atom is -0.494 e. The van der Waals surface area contributed by atoms with Crippen LogP contribution >= 0.6 is 15.9 Å². The van der Waals surface area contributed by atoms with Crippen LogP contribution in [0.1, 0.15) is 39.2 Å². The Balaban J connectivity index is 1.99. The Bertz CT molecular complexity index is 1370. The predicted octanol–water partition coefficient (Wildman–Crippen LogP) is 5.38.